The number of aryl methyl sites for hydroxylation is 2. The monoisotopic (exact) mass is 465 g/mol. The predicted octanol–water partition coefficient (Wildman–Crippen LogP) is 5.73. The van der Waals surface area contributed by atoms with Crippen molar-refractivity contribution in [2.45, 2.75) is 25.7 Å². The van der Waals surface area contributed by atoms with Gasteiger partial charge in [0.1, 0.15) is 0 Å². The number of thiazole rings is 1. The molecule has 1 N–H and O–H groups in total. The summed E-state index contributed by atoms with van der Waals surface area (Å²) in [5.41, 5.74) is 4.62. The average molecular weight is 466 g/mol. The summed E-state index contributed by atoms with van der Waals surface area (Å²) in [7, 11) is 1.53. The normalized spacial score (nSPS) is 11.9. The van der Waals surface area contributed by atoms with Crippen molar-refractivity contribution < 1.29 is 9.53 Å². The Morgan fingerprint density at radius 1 is 1.25 bits per heavy atom. The minimum atomic E-state index is -0.208. The van der Waals surface area contributed by atoms with E-state index in [1.807, 2.05) is 12.3 Å². The molecule has 0 atom stereocenters. The summed E-state index contributed by atoms with van der Waals surface area (Å²) in [5, 5.41) is 6.21. The molecule has 0 bridgehead atoms. The number of carbonyl (C=O) groups is 1. The standard InChI is InChI=1S/C23H23N5O2S2/c1-14-10-18(32-16(3)26-12-20(24-4)30-5)11-15(2)21(14)19-13-31-23(27-19)28-22(29)17-6-8-25-9-7-17/h6-13H,4H2,1-3,5H3,(H,27,28,29)/b20-12+,26-16?. The van der Waals surface area contributed by atoms with Gasteiger partial charge in [0.2, 0.25) is 5.88 Å². The van der Waals surface area contributed by atoms with Crippen LogP contribution >= 0.6 is 23.1 Å². The van der Waals surface area contributed by atoms with Crippen molar-refractivity contribution in [2.75, 3.05) is 12.4 Å². The Morgan fingerprint density at radius 3 is 2.56 bits per heavy atom. The van der Waals surface area contributed by atoms with E-state index in [-0.39, 0.29) is 5.91 Å². The topological polar surface area (TPSA) is 88.8 Å². The summed E-state index contributed by atoms with van der Waals surface area (Å²) in [6, 6.07) is 7.54. The number of nitrogens with zero attached hydrogens (tertiary/aromatic N) is 4. The Morgan fingerprint density at radius 2 is 1.94 bits per heavy atom. The van der Waals surface area contributed by atoms with Gasteiger partial charge in [0.05, 0.1) is 24.0 Å². The number of ether oxygens (including phenoxy) is 1. The first kappa shape index (κ1) is 23.4. The summed E-state index contributed by atoms with van der Waals surface area (Å²) in [5.74, 6) is 0.156. The summed E-state index contributed by atoms with van der Waals surface area (Å²) >= 11 is 2.96. The molecule has 1 aromatic carbocycles. The van der Waals surface area contributed by atoms with Crippen molar-refractivity contribution in [3.63, 3.8) is 0 Å². The summed E-state index contributed by atoms with van der Waals surface area (Å²) in [4.78, 5) is 30.1. The van der Waals surface area contributed by atoms with Crippen LogP contribution in [0.4, 0.5) is 5.13 Å². The van der Waals surface area contributed by atoms with Crippen molar-refractivity contribution >= 4 is 45.9 Å². The maximum absolute atomic E-state index is 12.4. The Hall–Kier alpha value is -3.30. The van der Waals surface area contributed by atoms with Crippen molar-refractivity contribution in [1.29, 1.82) is 0 Å². The fourth-order valence-corrected chi connectivity index (χ4v) is 4.62. The number of benzene rings is 1. The number of anilines is 1. The first-order chi connectivity index (χ1) is 15.4. The van der Waals surface area contributed by atoms with Gasteiger partial charge < -0.3 is 4.74 Å². The SMILES string of the molecule is C=N/C(=C\N=C(C)Sc1cc(C)c(-c2csc(NC(=O)c3ccncc3)n2)c(C)c1)OC. The van der Waals surface area contributed by atoms with Crippen molar-refractivity contribution in [2.24, 2.45) is 9.98 Å². The van der Waals surface area contributed by atoms with E-state index in [9.17, 15) is 4.79 Å². The summed E-state index contributed by atoms with van der Waals surface area (Å²) in [6.07, 6.45) is 4.72. The second-order valence-electron chi connectivity index (χ2n) is 6.74. The first-order valence-electron chi connectivity index (χ1n) is 9.63. The molecular weight excluding hydrogens is 442 g/mol. The third-order valence-corrected chi connectivity index (χ3v) is 6.05. The Bertz CT molecular complexity index is 1160. The van der Waals surface area contributed by atoms with E-state index in [1.165, 1.54) is 18.4 Å². The van der Waals surface area contributed by atoms with Crippen LogP contribution in [0.5, 0.6) is 0 Å². The molecule has 2 heterocycles. The summed E-state index contributed by atoms with van der Waals surface area (Å²) in [6.45, 7) is 9.47. The van der Waals surface area contributed by atoms with E-state index in [2.05, 4.69) is 58.0 Å². The van der Waals surface area contributed by atoms with E-state index in [4.69, 9.17) is 4.74 Å². The van der Waals surface area contributed by atoms with E-state index < -0.39 is 0 Å². The Balaban J connectivity index is 1.77. The quantitative estimate of drug-likeness (QED) is 0.208. The molecular formula is C23H23N5O2S2. The number of rotatable bonds is 7. The zero-order valence-electron chi connectivity index (χ0n) is 18.2. The third kappa shape index (κ3) is 5.89. The van der Waals surface area contributed by atoms with E-state index >= 15 is 0 Å². The third-order valence-electron chi connectivity index (χ3n) is 4.42. The second kappa shape index (κ2) is 10.8. The van der Waals surface area contributed by atoms with Gasteiger partial charge in [0.15, 0.2) is 5.13 Å². The number of amides is 1. The van der Waals surface area contributed by atoms with Crippen LogP contribution in [0.2, 0.25) is 0 Å². The molecule has 1 amide bonds. The maximum Gasteiger partial charge on any atom is 0.257 e. The largest absolute Gasteiger partial charge is 0.480 e. The Labute approximate surface area is 195 Å². The minimum absolute atomic E-state index is 0.208. The molecule has 0 unspecified atom stereocenters. The van der Waals surface area contributed by atoms with E-state index in [0.29, 0.717) is 16.6 Å². The van der Waals surface area contributed by atoms with Crippen LogP contribution in [0.3, 0.4) is 0 Å². The molecule has 9 heteroatoms. The molecule has 0 fully saturated rings. The zero-order valence-corrected chi connectivity index (χ0v) is 19.9. The van der Waals surface area contributed by atoms with Crippen LogP contribution in [0, 0.1) is 13.8 Å². The lowest BCUT2D eigenvalue weighted by Crippen LogP contribution is -2.11. The van der Waals surface area contributed by atoms with Gasteiger partial charge in [-0.3, -0.25) is 15.1 Å². The molecule has 7 nitrogen and oxygen atoms in total. The highest BCUT2D eigenvalue weighted by Gasteiger charge is 2.14. The maximum atomic E-state index is 12.4. The number of methoxy groups -OCH3 is 1. The number of aliphatic imine (C=N–C) groups is 2. The molecule has 0 radical (unpaired) electrons. The molecule has 3 rings (SSSR count). The first-order valence-corrected chi connectivity index (χ1v) is 11.3. The highest BCUT2D eigenvalue weighted by atomic mass is 32.2. The Kier molecular flexibility index (Phi) is 7.91. The molecule has 2 aromatic heterocycles. The highest BCUT2D eigenvalue weighted by Crippen LogP contribution is 2.34. The van der Waals surface area contributed by atoms with Crippen molar-refractivity contribution in [1.82, 2.24) is 9.97 Å². The van der Waals surface area contributed by atoms with Gasteiger partial charge in [-0.1, -0.05) is 11.8 Å². The van der Waals surface area contributed by atoms with Crippen molar-refractivity contribution in [3.8, 4) is 11.3 Å². The lowest BCUT2D eigenvalue weighted by atomic mass is 10.0. The number of aromatic nitrogens is 2. The molecule has 0 aliphatic rings. The van der Waals surface area contributed by atoms with Gasteiger partial charge in [-0.15, -0.1) is 11.3 Å². The van der Waals surface area contributed by atoms with E-state index in [0.717, 1.165) is 32.3 Å². The smallest absolute Gasteiger partial charge is 0.257 e. The van der Waals surface area contributed by atoms with Crippen LogP contribution in [0.1, 0.15) is 28.4 Å². The number of nitrogens with one attached hydrogen (secondary N) is 1. The molecule has 0 saturated heterocycles. The molecule has 3 aromatic rings. The molecule has 164 valence electrons. The highest BCUT2D eigenvalue weighted by molar-refractivity contribution is 8.13. The number of thioether (sulfide) groups is 1. The van der Waals surface area contributed by atoms with Crippen LogP contribution in [-0.4, -0.2) is 34.7 Å². The fraction of sp³-hybridized carbons (Fsp3) is 0.174. The predicted molar refractivity (Wildman–Crippen MR) is 133 cm³/mol. The zero-order chi connectivity index (χ0) is 23.1. The van der Waals surface area contributed by atoms with Crippen molar-refractivity contribution in [3.05, 3.63) is 70.8 Å². The molecule has 0 spiro atoms. The molecule has 0 aliphatic heterocycles. The van der Waals surface area contributed by atoms with Crippen LogP contribution < -0.4 is 5.32 Å². The minimum Gasteiger partial charge on any atom is -0.480 e. The van der Waals surface area contributed by atoms with Crippen LogP contribution in [0.25, 0.3) is 11.3 Å². The van der Waals surface area contributed by atoms with Crippen LogP contribution in [0.15, 0.2) is 69.0 Å². The van der Waals surface area contributed by atoms with Gasteiger partial charge in [-0.25, -0.2) is 15.0 Å². The second-order valence-corrected chi connectivity index (χ2v) is 8.86. The molecule has 32 heavy (non-hydrogen) atoms. The van der Waals surface area contributed by atoms with Gasteiger partial charge >= 0.3 is 0 Å². The van der Waals surface area contributed by atoms with Crippen LogP contribution in [-0.2, 0) is 4.74 Å². The van der Waals surface area contributed by atoms with Gasteiger partial charge in [0, 0.05) is 33.8 Å². The lowest BCUT2D eigenvalue weighted by molar-refractivity contribution is 0.102. The van der Waals surface area contributed by atoms with E-state index in [1.54, 1.807) is 42.5 Å². The fourth-order valence-electron chi connectivity index (χ4n) is 3.01. The summed E-state index contributed by atoms with van der Waals surface area (Å²) < 4.78 is 5.03. The molecule has 0 saturated carbocycles. The number of hydrogen-bond donors (Lipinski definition) is 1. The number of pyridine rings is 1. The number of carbonyl (C=O) groups excluding carboxylic acids is 1. The number of hydrogen-bond acceptors (Lipinski definition) is 8. The lowest BCUT2D eigenvalue weighted by Gasteiger charge is -2.11. The van der Waals surface area contributed by atoms with Gasteiger partial charge in [-0.05, 0) is 62.9 Å². The van der Waals surface area contributed by atoms with Gasteiger partial charge in [-0.2, -0.15) is 0 Å². The molecule has 0 aliphatic carbocycles. The van der Waals surface area contributed by atoms with Gasteiger partial charge in [0.25, 0.3) is 5.91 Å². The average Bonchev–Trinajstić information content (AvgIpc) is 3.22.